The minimum Gasteiger partial charge on any atom is -0.330 e. The molecule has 2 atom stereocenters. The molecule has 0 amide bonds. The van der Waals surface area contributed by atoms with E-state index in [9.17, 15) is 13.2 Å². The molecule has 1 rings (SSSR count). The second-order valence-electron chi connectivity index (χ2n) is 4.55. The Balaban J connectivity index is 2.70. The molecule has 1 fully saturated rings. The van der Waals surface area contributed by atoms with E-state index in [1.54, 1.807) is 4.90 Å². The van der Waals surface area contributed by atoms with E-state index in [1.807, 2.05) is 6.92 Å². The van der Waals surface area contributed by atoms with E-state index in [1.165, 1.54) is 0 Å². The fourth-order valence-corrected chi connectivity index (χ4v) is 2.67. The molecule has 16 heavy (non-hydrogen) atoms. The summed E-state index contributed by atoms with van der Waals surface area (Å²) in [5.41, 5.74) is 5.66. The van der Waals surface area contributed by atoms with E-state index < -0.39 is 12.7 Å². The lowest BCUT2D eigenvalue weighted by molar-refractivity contribution is -0.152. The van der Waals surface area contributed by atoms with Gasteiger partial charge in [0.25, 0.3) is 0 Å². The fourth-order valence-electron chi connectivity index (χ4n) is 2.67. The Kier molecular flexibility index (Phi) is 5.05. The van der Waals surface area contributed by atoms with Crippen molar-refractivity contribution in [1.82, 2.24) is 4.90 Å². The summed E-state index contributed by atoms with van der Waals surface area (Å²) in [6.45, 7) is 2.20. The fraction of sp³-hybridized carbons (Fsp3) is 1.00. The Morgan fingerprint density at radius 1 is 1.31 bits per heavy atom. The van der Waals surface area contributed by atoms with Crippen molar-refractivity contribution in [2.24, 2.45) is 11.7 Å². The highest BCUT2D eigenvalue weighted by Gasteiger charge is 2.36. The van der Waals surface area contributed by atoms with Crippen LogP contribution in [-0.2, 0) is 0 Å². The third kappa shape index (κ3) is 3.94. The molecule has 2 N–H and O–H groups in total. The lowest BCUT2D eigenvalue weighted by Gasteiger charge is -2.34. The largest absolute Gasteiger partial charge is 0.401 e. The van der Waals surface area contributed by atoms with Crippen molar-refractivity contribution in [1.29, 1.82) is 0 Å². The molecule has 0 spiro atoms. The van der Waals surface area contributed by atoms with E-state index >= 15 is 0 Å². The van der Waals surface area contributed by atoms with Gasteiger partial charge >= 0.3 is 6.18 Å². The second-order valence-corrected chi connectivity index (χ2v) is 4.55. The minimum absolute atomic E-state index is 0.00544. The quantitative estimate of drug-likeness (QED) is 0.818. The van der Waals surface area contributed by atoms with Crippen molar-refractivity contribution in [3.05, 3.63) is 0 Å². The van der Waals surface area contributed by atoms with E-state index in [4.69, 9.17) is 5.73 Å². The molecule has 0 bridgehead atoms. The number of halogens is 3. The topological polar surface area (TPSA) is 29.3 Å². The van der Waals surface area contributed by atoms with Crippen LogP contribution in [0.3, 0.4) is 0 Å². The smallest absolute Gasteiger partial charge is 0.330 e. The maximum absolute atomic E-state index is 12.4. The van der Waals surface area contributed by atoms with Crippen LogP contribution < -0.4 is 5.73 Å². The van der Waals surface area contributed by atoms with Gasteiger partial charge in [-0.25, -0.2) is 0 Å². The van der Waals surface area contributed by atoms with Crippen LogP contribution in [0.5, 0.6) is 0 Å². The third-order valence-electron chi connectivity index (χ3n) is 3.39. The van der Waals surface area contributed by atoms with Crippen molar-refractivity contribution < 1.29 is 13.2 Å². The van der Waals surface area contributed by atoms with Gasteiger partial charge < -0.3 is 5.73 Å². The van der Waals surface area contributed by atoms with Gasteiger partial charge in [-0.2, -0.15) is 13.2 Å². The molecule has 0 aromatic carbocycles. The maximum atomic E-state index is 12.4. The molecule has 1 heterocycles. The molecule has 1 saturated heterocycles. The molecule has 0 saturated carbocycles. The van der Waals surface area contributed by atoms with Gasteiger partial charge in [0.15, 0.2) is 0 Å². The van der Waals surface area contributed by atoms with Gasteiger partial charge in [0, 0.05) is 6.04 Å². The highest BCUT2D eigenvalue weighted by atomic mass is 19.4. The van der Waals surface area contributed by atoms with E-state index in [0.29, 0.717) is 13.1 Å². The number of hydrogen-bond donors (Lipinski definition) is 1. The molecule has 96 valence electrons. The van der Waals surface area contributed by atoms with Crippen LogP contribution in [0.15, 0.2) is 0 Å². The average molecular weight is 238 g/mol. The van der Waals surface area contributed by atoms with Crippen LogP contribution in [-0.4, -0.2) is 36.8 Å². The molecule has 0 unspecified atom stereocenters. The Morgan fingerprint density at radius 3 is 2.50 bits per heavy atom. The Bertz CT molecular complexity index is 206. The van der Waals surface area contributed by atoms with Gasteiger partial charge in [0.2, 0.25) is 0 Å². The van der Waals surface area contributed by atoms with Crippen LogP contribution in [0.1, 0.15) is 32.6 Å². The number of rotatable bonds is 3. The molecular formula is C11H21F3N2. The van der Waals surface area contributed by atoms with E-state index in [-0.39, 0.29) is 12.0 Å². The number of nitrogens with zero attached hydrogens (tertiary/aromatic N) is 1. The summed E-state index contributed by atoms with van der Waals surface area (Å²) in [4.78, 5) is 1.57. The van der Waals surface area contributed by atoms with Crippen LogP contribution in [0.25, 0.3) is 0 Å². The van der Waals surface area contributed by atoms with E-state index in [0.717, 1.165) is 25.7 Å². The molecule has 0 aliphatic carbocycles. The predicted molar refractivity (Wildman–Crippen MR) is 58.1 cm³/mol. The molecule has 0 radical (unpaired) electrons. The van der Waals surface area contributed by atoms with Gasteiger partial charge in [0.05, 0.1) is 6.54 Å². The normalized spacial score (nSPS) is 29.1. The lowest BCUT2D eigenvalue weighted by atomic mass is 9.93. The van der Waals surface area contributed by atoms with Crippen LogP contribution in [0.2, 0.25) is 0 Å². The van der Waals surface area contributed by atoms with Gasteiger partial charge in [-0.3, -0.25) is 4.90 Å². The van der Waals surface area contributed by atoms with Crippen LogP contribution in [0, 0.1) is 5.92 Å². The SMILES string of the molecule is CC[C@@H]1[C@@H](CN)CCCCN1CC(F)(F)F. The second kappa shape index (κ2) is 5.87. The van der Waals surface area contributed by atoms with Crippen molar-refractivity contribution in [2.75, 3.05) is 19.6 Å². The Morgan fingerprint density at radius 2 is 2.00 bits per heavy atom. The van der Waals surface area contributed by atoms with Gasteiger partial charge in [-0.05, 0) is 38.3 Å². The molecular weight excluding hydrogens is 217 g/mol. The van der Waals surface area contributed by atoms with E-state index in [2.05, 4.69) is 0 Å². The molecule has 0 aromatic rings. The summed E-state index contributed by atoms with van der Waals surface area (Å²) in [5.74, 6) is 0.217. The summed E-state index contributed by atoms with van der Waals surface area (Å²) in [7, 11) is 0. The zero-order valence-electron chi connectivity index (χ0n) is 9.76. The standard InChI is InChI=1S/C11H21F3N2/c1-2-10-9(7-15)5-3-4-6-16(10)8-11(12,13)14/h9-10H,2-8,15H2,1H3/t9-,10-/m1/s1. The zero-order valence-corrected chi connectivity index (χ0v) is 9.76. The zero-order chi connectivity index (χ0) is 12.2. The Labute approximate surface area is 95.0 Å². The third-order valence-corrected chi connectivity index (χ3v) is 3.39. The lowest BCUT2D eigenvalue weighted by Crippen LogP contribution is -2.46. The van der Waals surface area contributed by atoms with Crippen molar-refractivity contribution in [3.8, 4) is 0 Å². The first kappa shape index (κ1) is 13.8. The van der Waals surface area contributed by atoms with Crippen LogP contribution in [0.4, 0.5) is 13.2 Å². The number of nitrogens with two attached hydrogens (primary N) is 1. The minimum atomic E-state index is -4.10. The molecule has 2 nitrogen and oxygen atoms in total. The van der Waals surface area contributed by atoms with Crippen LogP contribution >= 0.6 is 0 Å². The first-order chi connectivity index (χ1) is 7.48. The summed E-state index contributed by atoms with van der Waals surface area (Å²) in [5, 5.41) is 0. The summed E-state index contributed by atoms with van der Waals surface area (Å²) in [6, 6.07) is -0.00544. The van der Waals surface area contributed by atoms with Crippen molar-refractivity contribution in [3.63, 3.8) is 0 Å². The first-order valence-corrected chi connectivity index (χ1v) is 5.98. The average Bonchev–Trinajstić information content (AvgIpc) is 2.37. The Hall–Kier alpha value is -0.290. The summed E-state index contributed by atoms with van der Waals surface area (Å²) in [6.07, 6.45) is -0.548. The van der Waals surface area contributed by atoms with Gasteiger partial charge in [0.1, 0.15) is 0 Å². The molecule has 1 aliphatic heterocycles. The molecule has 5 heteroatoms. The molecule has 0 aromatic heterocycles. The predicted octanol–water partition coefficient (Wildman–Crippen LogP) is 2.39. The first-order valence-electron chi connectivity index (χ1n) is 5.98. The van der Waals surface area contributed by atoms with Gasteiger partial charge in [-0.1, -0.05) is 13.3 Å². The number of alkyl halides is 3. The van der Waals surface area contributed by atoms with Gasteiger partial charge in [-0.15, -0.1) is 0 Å². The summed E-state index contributed by atoms with van der Waals surface area (Å²) < 4.78 is 37.3. The number of likely N-dealkylation sites (tertiary alicyclic amines) is 1. The van der Waals surface area contributed by atoms with Crippen molar-refractivity contribution in [2.45, 2.75) is 44.8 Å². The number of hydrogen-bond acceptors (Lipinski definition) is 2. The monoisotopic (exact) mass is 238 g/mol. The van der Waals surface area contributed by atoms with Crippen molar-refractivity contribution >= 4 is 0 Å². The highest BCUT2D eigenvalue weighted by Crippen LogP contribution is 2.27. The highest BCUT2D eigenvalue weighted by molar-refractivity contribution is 4.83. The summed E-state index contributed by atoms with van der Waals surface area (Å²) >= 11 is 0. The molecule has 1 aliphatic rings. The maximum Gasteiger partial charge on any atom is 0.401 e.